The normalized spacial score (nSPS) is 9.93. The number of rotatable bonds is 3. The zero-order valence-electron chi connectivity index (χ0n) is 7.68. The summed E-state index contributed by atoms with van der Waals surface area (Å²) in [6, 6.07) is 1.91. The number of hydrogen-bond acceptors (Lipinski definition) is 2. The third-order valence-electron chi connectivity index (χ3n) is 1.62. The molecule has 0 unspecified atom stereocenters. The highest BCUT2D eigenvalue weighted by molar-refractivity contribution is 9.10. The Morgan fingerprint density at radius 2 is 2.36 bits per heavy atom. The monoisotopic (exact) mass is 320 g/mol. The molecule has 0 aliphatic carbocycles. The molecule has 0 saturated heterocycles. The molecule has 0 aromatic carbocycles. The van der Waals surface area contributed by atoms with Gasteiger partial charge in [-0.3, -0.25) is 4.79 Å². The zero-order chi connectivity index (χ0) is 10.6. The molecule has 1 rings (SSSR count). The highest BCUT2D eigenvalue weighted by Gasteiger charge is 2.04. The number of nitrogens with zero attached hydrogens (tertiary/aromatic N) is 1. The molecule has 1 N–H and O–H groups in total. The van der Waals surface area contributed by atoms with Crippen molar-refractivity contribution >= 4 is 43.6 Å². The number of aryl methyl sites for hydroxylation is 1. The van der Waals surface area contributed by atoms with Crippen LogP contribution in [0.1, 0.15) is 12.0 Å². The second-order valence-electron chi connectivity index (χ2n) is 2.81. The summed E-state index contributed by atoms with van der Waals surface area (Å²) >= 11 is 6.52. The number of amides is 1. The van der Waals surface area contributed by atoms with Gasteiger partial charge in [-0.15, -0.1) is 0 Å². The summed E-state index contributed by atoms with van der Waals surface area (Å²) in [5.41, 5.74) is 0.947. The largest absolute Gasteiger partial charge is 0.310 e. The van der Waals surface area contributed by atoms with Gasteiger partial charge in [0.25, 0.3) is 0 Å². The summed E-state index contributed by atoms with van der Waals surface area (Å²) in [4.78, 5) is 15.4. The van der Waals surface area contributed by atoms with Crippen molar-refractivity contribution in [3.63, 3.8) is 0 Å². The molecule has 0 fully saturated rings. The summed E-state index contributed by atoms with van der Waals surface area (Å²) in [6.07, 6.45) is 2.12. The fourth-order valence-corrected chi connectivity index (χ4v) is 1.76. The lowest BCUT2D eigenvalue weighted by atomic mass is 10.3. The molecule has 76 valence electrons. The van der Waals surface area contributed by atoms with Gasteiger partial charge in [0.05, 0.1) is 0 Å². The van der Waals surface area contributed by atoms with E-state index in [1.54, 1.807) is 6.20 Å². The smallest absolute Gasteiger partial charge is 0.226 e. The molecule has 14 heavy (non-hydrogen) atoms. The number of halogens is 2. The van der Waals surface area contributed by atoms with Crippen molar-refractivity contribution in [3.05, 3.63) is 22.3 Å². The summed E-state index contributed by atoms with van der Waals surface area (Å²) < 4.78 is 0.911. The molecule has 0 spiro atoms. The van der Waals surface area contributed by atoms with E-state index in [0.29, 0.717) is 17.6 Å². The van der Waals surface area contributed by atoms with Gasteiger partial charge in [0.1, 0.15) is 5.82 Å². The van der Waals surface area contributed by atoms with Crippen molar-refractivity contribution < 1.29 is 4.79 Å². The van der Waals surface area contributed by atoms with Gasteiger partial charge >= 0.3 is 0 Å². The molecule has 1 aromatic heterocycles. The van der Waals surface area contributed by atoms with Crippen LogP contribution in [0, 0.1) is 6.92 Å². The first-order valence-corrected chi connectivity index (χ1v) is 6.03. The fraction of sp³-hybridized carbons (Fsp3) is 0.333. The Kier molecular flexibility index (Phi) is 4.54. The second-order valence-corrected chi connectivity index (χ2v) is 4.51. The standard InChI is InChI=1S/C9H10Br2N2O/c1-6-4-7(11)5-12-9(6)13-8(14)2-3-10/h4-5H,2-3H2,1H3,(H,12,13,14). The SMILES string of the molecule is Cc1cc(Br)cnc1NC(=O)CCBr. The molecular formula is C9H10Br2N2O. The van der Waals surface area contributed by atoms with Crippen LogP contribution in [0.5, 0.6) is 0 Å². The van der Waals surface area contributed by atoms with E-state index in [0.717, 1.165) is 10.0 Å². The molecule has 0 bridgehead atoms. The Bertz CT molecular complexity index is 342. The van der Waals surface area contributed by atoms with E-state index in [1.807, 2.05) is 13.0 Å². The van der Waals surface area contributed by atoms with Gasteiger partial charge in [0, 0.05) is 22.4 Å². The van der Waals surface area contributed by atoms with E-state index in [9.17, 15) is 4.79 Å². The Hall–Kier alpha value is -0.420. The minimum atomic E-state index is -0.0280. The van der Waals surface area contributed by atoms with Crippen LogP contribution in [0.4, 0.5) is 5.82 Å². The van der Waals surface area contributed by atoms with Gasteiger partial charge < -0.3 is 5.32 Å². The molecule has 1 amide bonds. The van der Waals surface area contributed by atoms with Gasteiger partial charge in [-0.1, -0.05) is 15.9 Å². The first-order valence-electron chi connectivity index (χ1n) is 4.11. The van der Waals surface area contributed by atoms with Crippen LogP contribution >= 0.6 is 31.9 Å². The van der Waals surface area contributed by atoms with Crippen molar-refractivity contribution in [1.29, 1.82) is 0 Å². The quantitative estimate of drug-likeness (QED) is 0.870. The van der Waals surface area contributed by atoms with Crippen molar-refractivity contribution in [2.75, 3.05) is 10.6 Å². The van der Waals surface area contributed by atoms with E-state index in [-0.39, 0.29) is 5.91 Å². The molecule has 1 heterocycles. The summed E-state index contributed by atoms with van der Waals surface area (Å²) in [6.45, 7) is 1.90. The number of carbonyl (C=O) groups excluding carboxylic acids is 1. The van der Waals surface area contributed by atoms with Crippen LogP contribution in [-0.2, 0) is 4.79 Å². The second kappa shape index (κ2) is 5.46. The predicted molar refractivity (Wildman–Crippen MR) is 63.7 cm³/mol. The fourth-order valence-electron chi connectivity index (χ4n) is 0.952. The van der Waals surface area contributed by atoms with Crippen LogP contribution in [0.2, 0.25) is 0 Å². The number of hydrogen-bond donors (Lipinski definition) is 1. The predicted octanol–water partition coefficient (Wildman–Crippen LogP) is 2.88. The van der Waals surface area contributed by atoms with E-state index in [1.165, 1.54) is 0 Å². The number of alkyl halides is 1. The van der Waals surface area contributed by atoms with Gasteiger partial charge in [-0.05, 0) is 34.5 Å². The third-order valence-corrected chi connectivity index (χ3v) is 2.45. The van der Waals surface area contributed by atoms with Crippen LogP contribution < -0.4 is 5.32 Å². The number of pyridine rings is 1. The number of nitrogens with one attached hydrogen (secondary N) is 1. The lowest BCUT2D eigenvalue weighted by Crippen LogP contribution is -2.13. The number of aromatic nitrogens is 1. The Labute approximate surface area is 99.6 Å². The maximum absolute atomic E-state index is 11.3. The Balaban J connectivity index is 2.72. The molecule has 0 aliphatic heterocycles. The lowest BCUT2D eigenvalue weighted by molar-refractivity contribution is -0.115. The molecule has 1 aromatic rings. The number of anilines is 1. The molecule has 0 aliphatic rings. The molecule has 0 saturated carbocycles. The van der Waals surface area contributed by atoms with Crippen molar-refractivity contribution in [3.8, 4) is 0 Å². The topological polar surface area (TPSA) is 42.0 Å². The highest BCUT2D eigenvalue weighted by atomic mass is 79.9. The maximum Gasteiger partial charge on any atom is 0.226 e. The molecule has 0 radical (unpaired) electrons. The molecule has 5 heteroatoms. The van der Waals surface area contributed by atoms with Gasteiger partial charge in [0.2, 0.25) is 5.91 Å². The van der Waals surface area contributed by atoms with Gasteiger partial charge in [-0.25, -0.2) is 4.98 Å². The summed E-state index contributed by atoms with van der Waals surface area (Å²) in [7, 11) is 0. The van der Waals surface area contributed by atoms with Crippen LogP contribution in [0.15, 0.2) is 16.7 Å². The van der Waals surface area contributed by atoms with Crippen LogP contribution in [0.25, 0.3) is 0 Å². The third kappa shape index (κ3) is 3.38. The molecule has 3 nitrogen and oxygen atoms in total. The first-order chi connectivity index (χ1) is 6.63. The molecule has 0 atom stereocenters. The van der Waals surface area contributed by atoms with E-state index < -0.39 is 0 Å². The Morgan fingerprint density at radius 3 is 2.93 bits per heavy atom. The van der Waals surface area contributed by atoms with Crippen LogP contribution in [-0.4, -0.2) is 16.2 Å². The van der Waals surface area contributed by atoms with E-state index >= 15 is 0 Å². The minimum absolute atomic E-state index is 0.0280. The number of carbonyl (C=O) groups is 1. The molecular weight excluding hydrogens is 312 g/mol. The van der Waals surface area contributed by atoms with Gasteiger partial charge in [0.15, 0.2) is 0 Å². The highest BCUT2D eigenvalue weighted by Crippen LogP contribution is 2.16. The van der Waals surface area contributed by atoms with Crippen LogP contribution in [0.3, 0.4) is 0 Å². The maximum atomic E-state index is 11.3. The Morgan fingerprint density at radius 1 is 1.64 bits per heavy atom. The zero-order valence-corrected chi connectivity index (χ0v) is 10.9. The average Bonchev–Trinajstić information content (AvgIpc) is 2.10. The van der Waals surface area contributed by atoms with Gasteiger partial charge in [-0.2, -0.15) is 0 Å². The average molecular weight is 322 g/mol. The summed E-state index contributed by atoms with van der Waals surface area (Å²) in [5.74, 6) is 0.596. The summed E-state index contributed by atoms with van der Waals surface area (Å²) in [5, 5.41) is 3.40. The van der Waals surface area contributed by atoms with Crippen molar-refractivity contribution in [2.45, 2.75) is 13.3 Å². The first kappa shape index (κ1) is 11.7. The van der Waals surface area contributed by atoms with Crippen molar-refractivity contribution in [2.24, 2.45) is 0 Å². The van der Waals surface area contributed by atoms with E-state index in [4.69, 9.17) is 0 Å². The van der Waals surface area contributed by atoms with E-state index in [2.05, 4.69) is 42.2 Å². The lowest BCUT2D eigenvalue weighted by Gasteiger charge is -2.06. The minimum Gasteiger partial charge on any atom is -0.310 e. The van der Waals surface area contributed by atoms with Crippen molar-refractivity contribution in [1.82, 2.24) is 4.98 Å².